The largest absolute Gasteiger partial charge is 0.353 e. The van der Waals surface area contributed by atoms with Gasteiger partial charge in [-0.15, -0.1) is 0 Å². The molecule has 5 nitrogen and oxygen atoms in total. The number of amides is 3. The number of piperidine rings is 1. The standard InChI is InChI=1S/C20H29N3O2/c1-13-10-14(2)18(15(3)11-13)12-21-20(25)23-8-6-16(7-9-23)19(24)22-17-4-5-17/h10-11,16-17H,4-9,12H2,1-3H3,(H,21,25)(H,22,24). The van der Waals surface area contributed by atoms with Gasteiger partial charge < -0.3 is 15.5 Å². The van der Waals surface area contributed by atoms with Gasteiger partial charge in [-0.2, -0.15) is 0 Å². The fourth-order valence-corrected chi connectivity index (χ4v) is 3.66. The van der Waals surface area contributed by atoms with Crippen molar-refractivity contribution in [1.82, 2.24) is 15.5 Å². The molecule has 3 amide bonds. The first-order valence-electron chi connectivity index (χ1n) is 9.34. The number of nitrogens with one attached hydrogen (secondary N) is 2. The molecule has 0 unspecified atom stereocenters. The second-order valence-electron chi connectivity index (χ2n) is 7.58. The van der Waals surface area contributed by atoms with Crippen LogP contribution in [0.3, 0.4) is 0 Å². The van der Waals surface area contributed by atoms with E-state index in [1.807, 2.05) is 4.90 Å². The van der Waals surface area contributed by atoms with Gasteiger partial charge in [0.2, 0.25) is 5.91 Å². The van der Waals surface area contributed by atoms with Gasteiger partial charge in [-0.1, -0.05) is 17.7 Å². The maximum atomic E-state index is 12.4. The van der Waals surface area contributed by atoms with Crippen molar-refractivity contribution in [1.29, 1.82) is 0 Å². The highest BCUT2D eigenvalue weighted by molar-refractivity contribution is 5.80. The molecule has 2 aliphatic rings. The summed E-state index contributed by atoms with van der Waals surface area (Å²) < 4.78 is 0. The molecule has 1 aliphatic carbocycles. The van der Waals surface area contributed by atoms with Crippen molar-refractivity contribution in [3.63, 3.8) is 0 Å². The average Bonchev–Trinajstić information content (AvgIpc) is 3.37. The number of carbonyl (C=O) groups excluding carboxylic acids is 2. The lowest BCUT2D eigenvalue weighted by Crippen LogP contribution is -2.47. The lowest BCUT2D eigenvalue weighted by atomic mass is 9.96. The summed E-state index contributed by atoms with van der Waals surface area (Å²) in [7, 11) is 0. The number of rotatable bonds is 4. The van der Waals surface area contributed by atoms with E-state index in [9.17, 15) is 9.59 Å². The summed E-state index contributed by atoms with van der Waals surface area (Å²) in [4.78, 5) is 26.4. The maximum Gasteiger partial charge on any atom is 0.317 e. The quantitative estimate of drug-likeness (QED) is 0.883. The Kier molecular flexibility index (Phi) is 5.30. The predicted octanol–water partition coefficient (Wildman–Crippen LogP) is 2.81. The SMILES string of the molecule is Cc1cc(C)c(CNC(=O)N2CCC(C(=O)NC3CC3)CC2)c(C)c1. The third-order valence-corrected chi connectivity index (χ3v) is 5.33. The molecule has 1 saturated heterocycles. The van der Waals surface area contributed by atoms with E-state index in [1.54, 1.807) is 0 Å². The van der Waals surface area contributed by atoms with Gasteiger partial charge in [0.25, 0.3) is 0 Å². The zero-order chi connectivity index (χ0) is 18.0. The van der Waals surface area contributed by atoms with Crippen molar-refractivity contribution >= 4 is 11.9 Å². The normalized spacial score (nSPS) is 18.1. The molecule has 5 heteroatoms. The summed E-state index contributed by atoms with van der Waals surface area (Å²) in [5.74, 6) is 0.236. The Hall–Kier alpha value is -2.04. The van der Waals surface area contributed by atoms with Crippen LogP contribution in [0.5, 0.6) is 0 Å². The Bertz CT molecular complexity index is 636. The van der Waals surface area contributed by atoms with Crippen LogP contribution in [0.25, 0.3) is 0 Å². The minimum atomic E-state index is -0.0274. The summed E-state index contributed by atoms with van der Waals surface area (Å²) >= 11 is 0. The van der Waals surface area contributed by atoms with E-state index < -0.39 is 0 Å². The van der Waals surface area contributed by atoms with Gasteiger partial charge in [0, 0.05) is 31.6 Å². The fourth-order valence-electron chi connectivity index (χ4n) is 3.66. The number of aryl methyl sites for hydroxylation is 3. The van der Waals surface area contributed by atoms with Crippen molar-refractivity contribution < 1.29 is 9.59 Å². The highest BCUT2D eigenvalue weighted by Gasteiger charge is 2.31. The van der Waals surface area contributed by atoms with Crippen LogP contribution in [0.4, 0.5) is 4.79 Å². The molecule has 0 bridgehead atoms. The first kappa shape index (κ1) is 17.8. The van der Waals surface area contributed by atoms with E-state index in [2.05, 4.69) is 43.5 Å². The Labute approximate surface area is 150 Å². The molecule has 1 heterocycles. The van der Waals surface area contributed by atoms with E-state index in [-0.39, 0.29) is 17.9 Å². The van der Waals surface area contributed by atoms with Gasteiger partial charge in [-0.3, -0.25) is 4.79 Å². The lowest BCUT2D eigenvalue weighted by molar-refractivity contribution is -0.126. The van der Waals surface area contributed by atoms with E-state index in [0.717, 1.165) is 25.7 Å². The molecule has 0 atom stereocenters. The van der Waals surface area contributed by atoms with Crippen LogP contribution in [0.1, 0.15) is 47.9 Å². The third-order valence-electron chi connectivity index (χ3n) is 5.33. The number of hydrogen-bond acceptors (Lipinski definition) is 2. The Balaban J connectivity index is 1.47. The predicted molar refractivity (Wildman–Crippen MR) is 98.4 cm³/mol. The molecule has 25 heavy (non-hydrogen) atoms. The fraction of sp³-hybridized carbons (Fsp3) is 0.600. The van der Waals surface area contributed by atoms with E-state index in [4.69, 9.17) is 0 Å². The molecule has 3 rings (SSSR count). The smallest absolute Gasteiger partial charge is 0.317 e. The van der Waals surface area contributed by atoms with E-state index in [1.165, 1.54) is 22.3 Å². The van der Waals surface area contributed by atoms with Crippen LogP contribution < -0.4 is 10.6 Å². The van der Waals surface area contributed by atoms with Crippen molar-refractivity contribution in [2.75, 3.05) is 13.1 Å². The van der Waals surface area contributed by atoms with Gasteiger partial charge in [0.15, 0.2) is 0 Å². The molecular weight excluding hydrogens is 314 g/mol. The van der Waals surface area contributed by atoms with Crippen molar-refractivity contribution in [2.24, 2.45) is 5.92 Å². The maximum absolute atomic E-state index is 12.4. The monoisotopic (exact) mass is 343 g/mol. The van der Waals surface area contributed by atoms with Gasteiger partial charge in [-0.25, -0.2) is 4.79 Å². The molecule has 136 valence electrons. The average molecular weight is 343 g/mol. The van der Waals surface area contributed by atoms with Crippen molar-refractivity contribution in [3.05, 3.63) is 34.4 Å². The van der Waals surface area contributed by atoms with Crippen LogP contribution in [0.15, 0.2) is 12.1 Å². The van der Waals surface area contributed by atoms with Crippen LogP contribution >= 0.6 is 0 Å². The second-order valence-corrected chi connectivity index (χ2v) is 7.58. The number of hydrogen-bond donors (Lipinski definition) is 2. The number of likely N-dealkylation sites (tertiary alicyclic amines) is 1. The zero-order valence-electron chi connectivity index (χ0n) is 15.5. The van der Waals surface area contributed by atoms with Crippen LogP contribution in [-0.2, 0) is 11.3 Å². The molecule has 1 saturated carbocycles. The zero-order valence-corrected chi connectivity index (χ0v) is 15.5. The first-order chi connectivity index (χ1) is 11.9. The van der Waals surface area contributed by atoms with Gasteiger partial charge in [-0.05, 0) is 63.1 Å². The topological polar surface area (TPSA) is 61.4 Å². The van der Waals surface area contributed by atoms with Crippen LogP contribution in [0.2, 0.25) is 0 Å². The van der Waals surface area contributed by atoms with Crippen LogP contribution in [0, 0.1) is 26.7 Å². The van der Waals surface area contributed by atoms with E-state index >= 15 is 0 Å². The molecule has 1 aliphatic heterocycles. The molecular formula is C20H29N3O2. The second kappa shape index (κ2) is 7.46. The van der Waals surface area contributed by atoms with Gasteiger partial charge >= 0.3 is 6.03 Å². The molecule has 0 radical (unpaired) electrons. The summed E-state index contributed by atoms with van der Waals surface area (Å²) in [5, 5.41) is 6.12. The number of benzene rings is 1. The summed E-state index contributed by atoms with van der Waals surface area (Å²) in [6, 6.07) is 4.69. The minimum Gasteiger partial charge on any atom is -0.353 e. The van der Waals surface area contributed by atoms with Crippen LogP contribution in [-0.4, -0.2) is 36.0 Å². The van der Waals surface area contributed by atoms with Crippen molar-refractivity contribution in [2.45, 2.75) is 59.0 Å². The third kappa shape index (κ3) is 4.53. The molecule has 2 N–H and O–H groups in total. The summed E-state index contributed by atoms with van der Waals surface area (Å²) in [6.07, 6.45) is 3.75. The van der Waals surface area contributed by atoms with Crippen molar-refractivity contribution in [3.8, 4) is 0 Å². The molecule has 0 aromatic heterocycles. The van der Waals surface area contributed by atoms with Gasteiger partial charge in [0.1, 0.15) is 0 Å². The van der Waals surface area contributed by atoms with Gasteiger partial charge in [0.05, 0.1) is 0 Å². The Morgan fingerprint density at radius 1 is 1.04 bits per heavy atom. The molecule has 1 aromatic carbocycles. The Morgan fingerprint density at radius 3 is 2.20 bits per heavy atom. The highest BCUT2D eigenvalue weighted by Crippen LogP contribution is 2.23. The number of nitrogens with zero attached hydrogens (tertiary/aromatic N) is 1. The molecule has 1 aromatic rings. The number of urea groups is 1. The van der Waals surface area contributed by atoms with E-state index in [0.29, 0.717) is 25.7 Å². The number of carbonyl (C=O) groups is 2. The summed E-state index contributed by atoms with van der Waals surface area (Å²) in [5.41, 5.74) is 4.87. The Morgan fingerprint density at radius 2 is 1.64 bits per heavy atom. The lowest BCUT2D eigenvalue weighted by Gasteiger charge is -2.31. The first-order valence-corrected chi connectivity index (χ1v) is 9.34. The molecule has 0 spiro atoms. The highest BCUT2D eigenvalue weighted by atomic mass is 16.2. The molecule has 2 fully saturated rings. The minimum absolute atomic E-state index is 0.0274. The summed E-state index contributed by atoms with van der Waals surface area (Å²) in [6.45, 7) is 8.13.